The predicted octanol–water partition coefficient (Wildman–Crippen LogP) is 3.34. The fourth-order valence-corrected chi connectivity index (χ4v) is 2.84. The third kappa shape index (κ3) is 2.94. The molecule has 1 aliphatic rings. The normalized spacial score (nSPS) is 12.9. The van der Waals surface area contributed by atoms with Gasteiger partial charge in [-0.2, -0.15) is 0 Å². The summed E-state index contributed by atoms with van der Waals surface area (Å²) in [4.78, 5) is 12.4. The molecule has 1 amide bonds. The number of anilines is 1. The molecule has 3 heteroatoms. The molecule has 0 atom stereocenters. The number of rotatable bonds is 4. The summed E-state index contributed by atoms with van der Waals surface area (Å²) in [7, 11) is 0. The highest BCUT2D eigenvalue weighted by molar-refractivity contribution is 7.80. The molecular weight excluding hydrogens is 266 g/mol. The molecule has 0 aromatic heterocycles. The lowest BCUT2D eigenvalue weighted by atomic mass is 10.0. The minimum absolute atomic E-state index is 0.0732. The molecule has 0 saturated carbocycles. The minimum atomic E-state index is 0.0732. The van der Waals surface area contributed by atoms with Crippen LogP contribution in [0, 0.1) is 0 Å². The fraction of sp³-hybridized carbons (Fsp3) is 0.176. The van der Waals surface area contributed by atoms with Crippen molar-refractivity contribution in [3.05, 3.63) is 65.2 Å². The topological polar surface area (TPSA) is 29.1 Å². The monoisotopic (exact) mass is 281 g/mol. The summed E-state index contributed by atoms with van der Waals surface area (Å²) in [5.74, 6) is 0.0732. The van der Waals surface area contributed by atoms with E-state index in [1.54, 1.807) is 0 Å². The van der Waals surface area contributed by atoms with Crippen LogP contribution < -0.4 is 5.32 Å². The first-order chi connectivity index (χ1) is 9.70. The van der Waals surface area contributed by atoms with Gasteiger partial charge in [0.2, 0.25) is 5.91 Å². The second-order valence-corrected chi connectivity index (χ2v) is 5.67. The van der Waals surface area contributed by atoms with E-state index in [0.29, 0.717) is 6.42 Å². The van der Waals surface area contributed by atoms with Crippen molar-refractivity contribution in [3.63, 3.8) is 0 Å². The molecule has 0 bridgehead atoms. The maximum Gasteiger partial charge on any atom is 0.228 e. The Hall–Kier alpha value is -2.00. The number of hydrogen-bond acceptors (Lipinski definition) is 2. The summed E-state index contributed by atoms with van der Waals surface area (Å²) >= 11 is 5.49. The Balaban J connectivity index is 1.68. The van der Waals surface area contributed by atoms with Gasteiger partial charge in [0.05, 0.1) is 6.42 Å². The molecule has 0 aliphatic carbocycles. The molecule has 2 aromatic rings. The van der Waals surface area contributed by atoms with Gasteiger partial charge in [-0.25, -0.2) is 0 Å². The van der Waals surface area contributed by atoms with Crippen LogP contribution in [0.15, 0.2) is 48.5 Å². The highest BCUT2D eigenvalue weighted by Gasteiger charge is 2.17. The molecule has 0 radical (unpaired) electrons. The quantitative estimate of drug-likeness (QED) is 0.871. The molecule has 20 heavy (non-hydrogen) atoms. The molecule has 0 spiro atoms. The lowest BCUT2D eigenvalue weighted by Crippen LogP contribution is -2.04. The highest BCUT2D eigenvalue weighted by atomic mass is 32.1. The fourth-order valence-electron chi connectivity index (χ4n) is 2.51. The van der Waals surface area contributed by atoms with Crippen LogP contribution in [0.4, 0.5) is 5.69 Å². The van der Waals surface area contributed by atoms with Crippen LogP contribution in [0.2, 0.25) is 0 Å². The van der Waals surface area contributed by atoms with Crippen LogP contribution in [0.3, 0.4) is 0 Å². The van der Waals surface area contributed by atoms with E-state index in [1.165, 1.54) is 11.1 Å². The summed E-state index contributed by atoms with van der Waals surface area (Å²) in [5, 5.41) is 2.85. The lowest BCUT2D eigenvalue weighted by molar-refractivity contribution is -0.115. The number of thiocarbonyl (C=S) groups is 1. The maximum absolute atomic E-state index is 11.3. The van der Waals surface area contributed by atoms with Crippen molar-refractivity contribution in [1.29, 1.82) is 0 Å². The van der Waals surface area contributed by atoms with Crippen molar-refractivity contribution in [1.82, 2.24) is 0 Å². The van der Waals surface area contributed by atoms with Gasteiger partial charge < -0.3 is 5.32 Å². The van der Waals surface area contributed by atoms with Gasteiger partial charge in [-0.15, -0.1) is 0 Å². The Morgan fingerprint density at radius 3 is 2.60 bits per heavy atom. The number of carbonyl (C=O) groups is 1. The van der Waals surface area contributed by atoms with Crippen molar-refractivity contribution in [2.45, 2.75) is 19.3 Å². The molecule has 0 saturated heterocycles. The molecule has 1 aliphatic heterocycles. The van der Waals surface area contributed by atoms with Crippen LogP contribution in [0.5, 0.6) is 0 Å². The number of benzene rings is 2. The molecule has 1 heterocycles. The van der Waals surface area contributed by atoms with Gasteiger partial charge in [-0.05, 0) is 22.8 Å². The van der Waals surface area contributed by atoms with E-state index in [4.69, 9.17) is 12.2 Å². The van der Waals surface area contributed by atoms with Gasteiger partial charge in [0.1, 0.15) is 0 Å². The van der Waals surface area contributed by atoms with Crippen molar-refractivity contribution in [3.8, 4) is 0 Å². The zero-order valence-electron chi connectivity index (χ0n) is 11.1. The first kappa shape index (κ1) is 13.0. The second kappa shape index (κ2) is 5.55. The first-order valence-corrected chi connectivity index (χ1v) is 7.09. The van der Waals surface area contributed by atoms with Crippen LogP contribution in [0.25, 0.3) is 0 Å². The first-order valence-electron chi connectivity index (χ1n) is 6.68. The standard InChI is InChI=1S/C17H15NOS/c19-17-11-14-8-13(6-7-16(14)18-17)10-15(20)9-12-4-2-1-3-5-12/h1-8H,9-11H2,(H,18,19). The molecule has 0 unspecified atom stereocenters. The zero-order valence-corrected chi connectivity index (χ0v) is 11.9. The molecule has 0 fully saturated rings. The van der Waals surface area contributed by atoms with E-state index >= 15 is 0 Å². The largest absolute Gasteiger partial charge is 0.326 e. The number of carbonyl (C=O) groups excluding carboxylic acids is 1. The zero-order chi connectivity index (χ0) is 13.9. The summed E-state index contributed by atoms with van der Waals surface area (Å²) < 4.78 is 0. The molecule has 100 valence electrons. The number of nitrogens with one attached hydrogen (secondary N) is 1. The average Bonchev–Trinajstić information content (AvgIpc) is 2.79. The van der Waals surface area contributed by atoms with E-state index in [2.05, 4.69) is 23.5 Å². The number of hydrogen-bond donors (Lipinski definition) is 1. The van der Waals surface area contributed by atoms with Gasteiger partial charge in [-0.3, -0.25) is 4.79 Å². The van der Waals surface area contributed by atoms with Gasteiger partial charge in [-0.1, -0.05) is 54.7 Å². The summed E-state index contributed by atoms with van der Waals surface area (Å²) in [6.07, 6.45) is 2.09. The maximum atomic E-state index is 11.3. The number of amides is 1. The Morgan fingerprint density at radius 1 is 1.05 bits per heavy atom. The Bertz CT molecular complexity index is 664. The molecule has 2 nitrogen and oxygen atoms in total. The Labute approximate surface area is 123 Å². The van der Waals surface area contributed by atoms with Crippen LogP contribution in [-0.2, 0) is 24.1 Å². The third-order valence-corrected chi connectivity index (χ3v) is 3.73. The molecule has 3 rings (SSSR count). The van der Waals surface area contributed by atoms with E-state index in [0.717, 1.165) is 29.0 Å². The Kier molecular flexibility index (Phi) is 3.61. The van der Waals surface area contributed by atoms with Crippen molar-refractivity contribution < 1.29 is 4.79 Å². The Morgan fingerprint density at radius 2 is 1.80 bits per heavy atom. The number of fused-ring (bicyclic) bond motifs is 1. The van der Waals surface area contributed by atoms with E-state index in [-0.39, 0.29) is 5.91 Å². The van der Waals surface area contributed by atoms with Crippen molar-refractivity contribution in [2.75, 3.05) is 5.32 Å². The average molecular weight is 281 g/mol. The summed E-state index contributed by atoms with van der Waals surface area (Å²) in [6, 6.07) is 16.4. The summed E-state index contributed by atoms with van der Waals surface area (Å²) in [6.45, 7) is 0. The molecule has 1 N–H and O–H groups in total. The van der Waals surface area contributed by atoms with Gasteiger partial charge in [0.15, 0.2) is 0 Å². The lowest BCUT2D eigenvalue weighted by Gasteiger charge is -2.06. The smallest absolute Gasteiger partial charge is 0.228 e. The van der Waals surface area contributed by atoms with E-state index < -0.39 is 0 Å². The van der Waals surface area contributed by atoms with Crippen molar-refractivity contribution in [2.24, 2.45) is 0 Å². The predicted molar refractivity (Wildman–Crippen MR) is 85.2 cm³/mol. The van der Waals surface area contributed by atoms with E-state index in [1.807, 2.05) is 30.3 Å². The van der Waals surface area contributed by atoms with Gasteiger partial charge in [0, 0.05) is 23.4 Å². The van der Waals surface area contributed by atoms with Crippen molar-refractivity contribution >= 4 is 28.7 Å². The van der Waals surface area contributed by atoms with Crippen LogP contribution >= 0.6 is 12.2 Å². The molecular formula is C17H15NOS. The SMILES string of the molecule is O=C1Cc2cc(CC(=S)Cc3ccccc3)ccc2N1. The highest BCUT2D eigenvalue weighted by Crippen LogP contribution is 2.24. The summed E-state index contributed by atoms with van der Waals surface area (Å²) in [5.41, 5.74) is 4.44. The second-order valence-electron chi connectivity index (χ2n) is 5.09. The minimum Gasteiger partial charge on any atom is -0.326 e. The molecule has 2 aromatic carbocycles. The van der Waals surface area contributed by atoms with Crippen LogP contribution in [0.1, 0.15) is 16.7 Å². The van der Waals surface area contributed by atoms with Gasteiger partial charge in [0.25, 0.3) is 0 Å². The third-order valence-electron chi connectivity index (χ3n) is 3.44. The van der Waals surface area contributed by atoms with E-state index in [9.17, 15) is 4.79 Å². The van der Waals surface area contributed by atoms with Crippen LogP contribution in [-0.4, -0.2) is 10.8 Å². The van der Waals surface area contributed by atoms with Gasteiger partial charge >= 0.3 is 0 Å².